The number of amides is 1. The lowest BCUT2D eigenvalue weighted by Gasteiger charge is -2.20. The summed E-state index contributed by atoms with van der Waals surface area (Å²) in [5.41, 5.74) is 0.141. The first-order valence-corrected chi connectivity index (χ1v) is 7.05. The number of halogens is 1. The van der Waals surface area contributed by atoms with Crippen molar-refractivity contribution >= 4 is 23.5 Å². The Hall–Kier alpha value is -1.55. The van der Waals surface area contributed by atoms with Crippen LogP contribution in [0.2, 0.25) is 5.02 Å². The minimum Gasteiger partial charge on any atom is -0.481 e. The van der Waals surface area contributed by atoms with E-state index in [0.29, 0.717) is 37.4 Å². The molecule has 4 nitrogen and oxygen atoms in total. The van der Waals surface area contributed by atoms with E-state index in [1.54, 1.807) is 17.9 Å². The van der Waals surface area contributed by atoms with Gasteiger partial charge in [-0.25, -0.2) is 0 Å². The van der Waals surface area contributed by atoms with E-state index < -0.39 is 11.4 Å². The van der Waals surface area contributed by atoms with Crippen LogP contribution in [0.5, 0.6) is 0 Å². The van der Waals surface area contributed by atoms with Gasteiger partial charge in [0, 0.05) is 24.5 Å². The van der Waals surface area contributed by atoms with Crippen LogP contribution in [0.3, 0.4) is 0 Å². The minimum absolute atomic E-state index is 0.00473. The molecule has 0 unspecified atom stereocenters. The van der Waals surface area contributed by atoms with Gasteiger partial charge >= 0.3 is 5.97 Å². The van der Waals surface area contributed by atoms with Crippen LogP contribution in [0.15, 0.2) is 24.3 Å². The standard InChI is InChI=1S/C15H18ClNO3/c1-15(14(19)20)8-9-17(10-15)13(18)7-6-11-4-2-3-5-12(11)16/h2-5H,6-10H2,1H3,(H,19,20)/t15-/m0/s1. The fourth-order valence-electron chi connectivity index (χ4n) is 2.45. The first kappa shape index (κ1) is 14.9. The van der Waals surface area contributed by atoms with E-state index in [1.165, 1.54) is 0 Å². The van der Waals surface area contributed by atoms with Crippen molar-refractivity contribution in [3.05, 3.63) is 34.9 Å². The zero-order valence-electron chi connectivity index (χ0n) is 11.4. The van der Waals surface area contributed by atoms with E-state index in [4.69, 9.17) is 16.7 Å². The Morgan fingerprint density at radius 1 is 1.40 bits per heavy atom. The van der Waals surface area contributed by atoms with Crippen LogP contribution in [0, 0.1) is 5.41 Å². The highest BCUT2D eigenvalue weighted by molar-refractivity contribution is 6.31. The summed E-state index contributed by atoms with van der Waals surface area (Å²) in [6.45, 7) is 2.50. The fraction of sp³-hybridized carbons (Fsp3) is 0.467. The predicted octanol–water partition coefficient (Wildman–Crippen LogP) is 2.60. The average molecular weight is 296 g/mol. The number of aryl methyl sites for hydroxylation is 1. The second-order valence-corrected chi connectivity index (χ2v) is 5.93. The lowest BCUT2D eigenvalue weighted by Crippen LogP contribution is -2.34. The van der Waals surface area contributed by atoms with Gasteiger partial charge in [-0.15, -0.1) is 0 Å². The topological polar surface area (TPSA) is 57.6 Å². The first-order chi connectivity index (χ1) is 9.42. The molecular weight excluding hydrogens is 278 g/mol. The van der Waals surface area contributed by atoms with Crippen LogP contribution < -0.4 is 0 Å². The number of carbonyl (C=O) groups is 2. The summed E-state index contributed by atoms with van der Waals surface area (Å²) in [7, 11) is 0. The highest BCUT2D eigenvalue weighted by Crippen LogP contribution is 2.30. The van der Waals surface area contributed by atoms with Crippen molar-refractivity contribution in [2.24, 2.45) is 5.41 Å². The molecule has 1 aliphatic rings. The number of aliphatic carboxylic acids is 1. The number of hydrogen-bond acceptors (Lipinski definition) is 2. The highest BCUT2D eigenvalue weighted by Gasteiger charge is 2.41. The number of carboxylic acid groups (broad SMARTS) is 1. The van der Waals surface area contributed by atoms with Gasteiger partial charge in [-0.1, -0.05) is 29.8 Å². The fourth-order valence-corrected chi connectivity index (χ4v) is 2.68. The molecule has 2 rings (SSSR count). The Labute approximate surface area is 123 Å². The number of carboxylic acids is 1. The van der Waals surface area contributed by atoms with Gasteiger partial charge < -0.3 is 10.0 Å². The molecule has 1 atom stereocenters. The normalized spacial score (nSPS) is 22.0. The molecule has 1 aromatic rings. The maximum Gasteiger partial charge on any atom is 0.311 e. The van der Waals surface area contributed by atoms with Crippen molar-refractivity contribution in [3.63, 3.8) is 0 Å². The maximum absolute atomic E-state index is 12.1. The number of hydrogen-bond donors (Lipinski definition) is 1. The van der Waals surface area contributed by atoms with Crippen LogP contribution >= 0.6 is 11.6 Å². The molecule has 5 heteroatoms. The molecule has 0 radical (unpaired) electrons. The summed E-state index contributed by atoms with van der Waals surface area (Å²) in [6.07, 6.45) is 1.46. The third kappa shape index (κ3) is 3.12. The summed E-state index contributed by atoms with van der Waals surface area (Å²) in [4.78, 5) is 24.9. The van der Waals surface area contributed by atoms with Gasteiger partial charge in [0.05, 0.1) is 5.41 Å². The van der Waals surface area contributed by atoms with E-state index in [-0.39, 0.29) is 5.91 Å². The van der Waals surface area contributed by atoms with Crippen molar-refractivity contribution in [1.82, 2.24) is 4.90 Å². The summed E-state index contributed by atoms with van der Waals surface area (Å²) in [5.74, 6) is -0.839. The Kier molecular flexibility index (Phi) is 4.33. The van der Waals surface area contributed by atoms with Gasteiger partial charge in [0.1, 0.15) is 0 Å². The number of likely N-dealkylation sites (tertiary alicyclic amines) is 1. The molecule has 1 heterocycles. The number of rotatable bonds is 4. The van der Waals surface area contributed by atoms with Crippen molar-refractivity contribution < 1.29 is 14.7 Å². The predicted molar refractivity (Wildman–Crippen MR) is 76.7 cm³/mol. The first-order valence-electron chi connectivity index (χ1n) is 6.67. The smallest absolute Gasteiger partial charge is 0.311 e. The van der Waals surface area contributed by atoms with Gasteiger partial charge in [-0.05, 0) is 31.4 Å². The van der Waals surface area contributed by atoms with E-state index in [9.17, 15) is 9.59 Å². The van der Waals surface area contributed by atoms with E-state index in [1.807, 2.05) is 18.2 Å². The molecular formula is C15H18ClNO3. The lowest BCUT2D eigenvalue weighted by molar-refractivity contribution is -0.147. The quantitative estimate of drug-likeness (QED) is 0.929. The van der Waals surface area contributed by atoms with Gasteiger partial charge in [-0.2, -0.15) is 0 Å². The van der Waals surface area contributed by atoms with Crippen LogP contribution in [0.4, 0.5) is 0 Å². The van der Waals surface area contributed by atoms with E-state index in [2.05, 4.69) is 0 Å². The average Bonchev–Trinajstić information content (AvgIpc) is 2.82. The van der Waals surface area contributed by atoms with Crippen molar-refractivity contribution in [2.45, 2.75) is 26.2 Å². The third-order valence-electron chi connectivity index (χ3n) is 3.91. The van der Waals surface area contributed by atoms with Gasteiger partial charge in [0.25, 0.3) is 0 Å². The Bertz CT molecular complexity index is 532. The molecule has 1 saturated heterocycles. The zero-order chi connectivity index (χ0) is 14.8. The van der Waals surface area contributed by atoms with E-state index >= 15 is 0 Å². The summed E-state index contributed by atoms with van der Waals surface area (Å²) in [5, 5.41) is 9.82. The highest BCUT2D eigenvalue weighted by atomic mass is 35.5. The molecule has 20 heavy (non-hydrogen) atoms. The number of nitrogens with zero attached hydrogens (tertiary/aromatic N) is 1. The molecule has 1 aromatic carbocycles. The van der Waals surface area contributed by atoms with Gasteiger partial charge in [0.15, 0.2) is 0 Å². The minimum atomic E-state index is -0.834. The van der Waals surface area contributed by atoms with Crippen LogP contribution in [0.1, 0.15) is 25.3 Å². The molecule has 1 fully saturated rings. The lowest BCUT2D eigenvalue weighted by atomic mass is 9.90. The number of benzene rings is 1. The molecule has 0 aromatic heterocycles. The Balaban J connectivity index is 1.91. The van der Waals surface area contributed by atoms with E-state index in [0.717, 1.165) is 5.56 Å². The second kappa shape index (κ2) is 5.83. The molecule has 0 spiro atoms. The monoisotopic (exact) mass is 295 g/mol. The summed E-state index contributed by atoms with van der Waals surface area (Å²) >= 11 is 6.05. The Morgan fingerprint density at radius 2 is 2.10 bits per heavy atom. The molecule has 0 aliphatic carbocycles. The Morgan fingerprint density at radius 3 is 2.70 bits per heavy atom. The zero-order valence-corrected chi connectivity index (χ0v) is 12.2. The maximum atomic E-state index is 12.1. The molecule has 0 saturated carbocycles. The van der Waals surface area contributed by atoms with Crippen molar-refractivity contribution in [1.29, 1.82) is 0 Å². The largest absolute Gasteiger partial charge is 0.481 e. The van der Waals surface area contributed by atoms with Crippen LogP contribution in [-0.4, -0.2) is 35.0 Å². The summed E-state index contributed by atoms with van der Waals surface area (Å²) in [6, 6.07) is 7.45. The molecule has 1 aliphatic heterocycles. The van der Waals surface area contributed by atoms with Crippen LogP contribution in [0.25, 0.3) is 0 Å². The van der Waals surface area contributed by atoms with Crippen molar-refractivity contribution in [3.8, 4) is 0 Å². The third-order valence-corrected chi connectivity index (χ3v) is 4.28. The van der Waals surface area contributed by atoms with Crippen molar-refractivity contribution in [2.75, 3.05) is 13.1 Å². The second-order valence-electron chi connectivity index (χ2n) is 5.52. The number of carbonyl (C=O) groups excluding carboxylic acids is 1. The van der Waals surface area contributed by atoms with Gasteiger partial charge in [0.2, 0.25) is 5.91 Å². The molecule has 1 N–H and O–H groups in total. The molecule has 108 valence electrons. The molecule has 0 bridgehead atoms. The SMILES string of the molecule is C[C@]1(C(=O)O)CCN(C(=O)CCc2ccccc2Cl)C1. The summed E-state index contributed by atoms with van der Waals surface area (Å²) < 4.78 is 0. The van der Waals surface area contributed by atoms with Crippen LogP contribution in [-0.2, 0) is 16.0 Å². The molecule has 1 amide bonds. The van der Waals surface area contributed by atoms with Gasteiger partial charge in [-0.3, -0.25) is 9.59 Å².